The molecule has 0 saturated heterocycles. The Hall–Kier alpha value is -5.18. The highest BCUT2D eigenvalue weighted by molar-refractivity contribution is 6.51. The van der Waals surface area contributed by atoms with Crippen LogP contribution in [0.25, 0.3) is 20.8 Å². The number of allylic oxidation sites excluding steroid dienone is 4. The number of benzene rings is 2. The third-order valence-electron chi connectivity index (χ3n) is 5.72. The molecule has 2 aromatic carbocycles. The third kappa shape index (κ3) is 5.40. The highest BCUT2D eigenvalue weighted by Crippen LogP contribution is 2.44. The fraction of sp³-hybridized carbons (Fsp3) is 0.241. The summed E-state index contributed by atoms with van der Waals surface area (Å²) >= 11 is 0. The van der Waals surface area contributed by atoms with Crippen molar-refractivity contribution in [2.45, 2.75) is 33.6 Å². The van der Waals surface area contributed by atoms with Crippen LogP contribution in [0.4, 0.5) is 17.1 Å². The maximum atomic E-state index is 12.1. The predicted molar refractivity (Wildman–Crippen MR) is 145 cm³/mol. The number of amides is 1. The zero-order valence-electron chi connectivity index (χ0n) is 21.0. The number of hydrogen-bond acceptors (Lipinski definition) is 5. The molecule has 0 saturated carbocycles. The largest absolute Gasteiger partial charge is 0.371 e. The SMILES string of the molecule is [C-]#[N+]C(C#N)=C1C(=Nc2ccc(N(CCC)CCC)cc2NC(C)=O)/C(=C(/C#N)[N+]#[C-])c2ccccc21. The summed E-state index contributed by atoms with van der Waals surface area (Å²) in [7, 11) is 0. The summed E-state index contributed by atoms with van der Waals surface area (Å²) in [5.41, 5.74) is 3.17. The van der Waals surface area contributed by atoms with Crippen LogP contribution in [0.15, 0.2) is 58.9 Å². The molecule has 3 rings (SSSR count). The van der Waals surface area contributed by atoms with E-state index < -0.39 is 0 Å². The molecule has 0 heterocycles. The van der Waals surface area contributed by atoms with Gasteiger partial charge in [0.25, 0.3) is 11.4 Å². The number of nitrogens with zero attached hydrogens (tertiary/aromatic N) is 6. The Morgan fingerprint density at radius 3 is 1.95 bits per heavy atom. The maximum absolute atomic E-state index is 12.1. The number of carbonyl (C=O) groups excluding carboxylic acids is 1. The standard InChI is InChI=1S/C29H25N7O/c1-6-14-36(15-7-2)20-12-13-23(24(16-20)34-19(3)37)35-29-27(25(17-30)32-4)21-10-8-9-11-22(21)28(29)26(18-31)33-5/h8-13,16H,6-7,14-15H2,1-3H3,(H,34,37)/b27-25-,28-26?,35-29?. The molecule has 1 aliphatic rings. The van der Waals surface area contributed by atoms with Crippen LogP contribution < -0.4 is 10.2 Å². The molecule has 0 aromatic heterocycles. The summed E-state index contributed by atoms with van der Waals surface area (Å²) < 4.78 is 0. The average molecular weight is 488 g/mol. The first-order chi connectivity index (χ1) is 17.9. The Morgan fingerprint density at radius 2 is 1.51 bits per heavy atom. The van der Waals surface area contributed by atoms with Crippen LogP contribution in [0, 0.1) is 35.8 Å². The van der Waals surface area contributed by atoms with Crippen LogP contribution in [0.3, 0.4) is 0 Å². The second kappa shape index (κ2) is 12.0. The first kappa shape index (κ1) is 26.4. The first-order valence-electron chi connectivity index (χ1n) is 11.8. The van der Waals surface area contributed by atoms with Crippen molar-refractivity contribution in [1.29, 1.82) is 10.5 Å². The lowest BCUT2D eigenvalue weighted by Crippen LogP contribution is -2.24. The van der Waals surface area contributed by atoms with Crippen molar-refractivity contribution in [3.8, 4) is 12.1 Å². The quantitative estimate of drug-likeness (QED) is 0.362. The second-order valence-corrected chi connectivity index (χ2v) is 8.27. The number of nitriles is 2. The fourth-order valence-corrected chi connectivity index (χ4v) is 4.30. The minimum atomic E-state index is -0.282. The summed E-state index contributed by atoms with van der Waals surface area (Å²) in [5.74, 6) is -0.282. The number of nitrogens with one attached hydrogen (secondary N) is 1. The zero-order valence-corrected chi connectivity index (χ0v) is 21.0. The van der Waals surface area contributed by atoms with E-state index in [4.69, 9.17) is 18.1 Å². The van der Waals surface area contributed by atoms with Crippen LogP contribution in [-0.2, 0) is 4.79 Å². The van der Waals surface area contributed by atoms with E-state index >= 15 is 0 Å². The topological polar surface area (TPSA) is 101 Å². The lowest BCUT2D eigenvalue weighted by Gasteiger charge is -2.25. The minimum absolute atomic E-state index is 0.180. The van der Waals surface area contributed by atoms with Gasteiger partial charge in [-0.1, -0.05) is 38.1 Å². The number of aliphatic imine (C=N–C) groups is 1. The lowest BCUT2D eigenvalue weighted by molar-refractivity contribution is -0.114. The van der Waals surface area contributed by atoms with E-state index in [9.17, 15) is 15.3 Å². The molecule has 1 aliphatic carbocycles. The smallest absolute Gasteiger partial charge is 0.271 e. The maximum Gasteiger partial charge on any atom is 0.271 e. The van der Waals surface area contributed by atoms with Gasteiger partial charge in [0.1, 0.15) is 0 Å². The summed E-state index contributed by atoms with van der Waals surface area (Å²) in [6.45, 7) is 22.5. The second-order valence-electron chi connectivity index (χ2n) is 8.27. The Morgan fingerprint density at radius 1 is 0.973 bits per heavy atom. The van der Waals surface area contributed by atoms with E-state index in [-0.39, 0.29) is 34.2 Å². The van der Waals surface area contributed by atoms with Crippen LogP contribution in [-0.4, -0.2) is 24.7 Å². The van der Waals surface area contributed by atoms with Crippen molar-refractivity contribution in [3.05, 3.63) is 87.8 Å². The Bertz CT molecular complexity index is 1390. The molecule has 37 heavy (non-hydrogen) atoms. The van der Waals surface area contributed by atoms with Gasteiger partial charge in [-0.25, -0.2) is 25.2 Å². The van der Waals surface area contributed by atoms with E-state index in [1.54, 1.807) is 30.3 Å². The molecular formula is C29H25N7O. The number of carbonyl (C=O) groups is 1. The number of hydrogen-bond donors (Lipinski definition) is 1. The van der Waals surface area contributed by atoms with Gasteiger partial charge in [0, 0.05) is 36.8 Å². The fourth-order valence-electron chi connectivity index (χ4n) is 4.30. The van der Waals surface area contributed by atoms with E-state index in [0.29, 0.717) is 22.5 Å². The molecule has 0 fully saturated rings. The molecule has 1 amide bonds. The molecule has 0 aliphatic heterocycles. The summed E-state index contributed by atoms with van der Waals surface area (Å²) in [4.78, 5) is 25.9. The van der Waals surface area contributed by atoms with E-state index in [1.807, 2.05) is 24.3 Å². The van der Waals surface area contributed by atoms with Gasteiger partial charge in [-0.15, -0.1) is 0 Å². The molecular weight excluding hydrogens is 462 g/mol. The van der Waals surface area contributed by atoms with Crippen molar-refractivity contribution in [2.75, 3.05) is 23.3 Å². The predicted octanol–water partition coefficient (Wildman–Crippen LogP) is 6.37. The summed E-state index contributed by atoms with van der Waals surface area (Å²) in [6, 6.07) is 16.4. The van der Waals surface area contributed by atoms with Gasteiger partial charge in [-0.2, -0.15) is 0 Å². The van der Waals surface area contributed by atoms with Crippen LogP contribution in [0.2, 0.25) is 0 Å². The van der Waals surface area contributed by atoms with Crippen LogP contribution in [0.1, 0.15) is 44.7 Å². The van der Waals surface area contributed by atoms with Gasteiger partial charge in [-0.05, 0) is 42.2 Å². The molecule has 1 N–H and O–H groups in total. The van der Waals surface area contributed by atoms with Gasteiger partial charge in [0.2, 0.25) is 5.91 Å². The van der Waals surface area contributed by atoms with E-state index in [0.717, 1.165) is 31.6 Å². The first-order valence-corrected chi connectivity index (χ1v) is 11.8. The van der Waals surface area contributed by atoms with Gasteiger partial charge in [-0.3, -0.25) is 4.79 Å². The molecule has 0 unspecified atom stereocenters. The van der Waals surface area contributed by atoms with Crippen molar-refractivity contribution < 1.29 is 4.79 Å². The van der Waals surface area contributed by atoms with Gasteiger partial charge in [0.05, 0.1) is 42.4 Å². The highest BCUT2D eigenvalue weighted by Gasteiger charge is 2.33. The molecule has 8 heteroatoms. The number of fused-ring (bicyclic) bond motifs is 1. The van der Waals surface area contributed by atoms with E-state index in [1.165, 1.54) is 6.92 Å². The van der Waals surface area contributed by atoms with Crippen molar-refractivity contribution in [1.82, 2.24) is 0 Å². The highest BCUT2D eigenvalue weighted by atomic mass is 16.1. The normalized spacial score (nSPS) is 15.5. The summed E-state index contributed by atoms with van der Waals surface area (Å²) in [6.07, 6.45) is 1.92. The van der Waals surface area contributed by atoms with Crippen LogP contribution >= 0.6 is 0 Å². The molecule has 8 nitrogen and oxygen atoms in total. The Labute approximate surface area is 217 Å². The lowest BCUT2D eigenvalue weighted by atomic mass is 10.0. The molecule has 0 spiro atoms. The molecule has 0 radical (unpaired) electrons. The third-order valence-corrected chi connectivity index (χ3v) is 5.72. The van der Waals surface area contributed by atoms with Crippen LogP contribution in [0.5, 0.6) is 0 Å². The van der Waals surface area contributed by atoms with E-state index in [2.05, 4.69) is 33.8 Å². The zero-order chi connectivity index (χ0) is 26.9. The number of anilines is 2. The molecule has 2 aromatic rings. The van der Waals surface area contributed by atoms with Crippen molar-refractivity contribution in [3.63, 3.8) is 0 Å². The molecule has 182 valence electrons. The Kier molecular flexibility index (Phi) is 8.56. The van der Waals surface area contributed by atoms with Crippen molar-refractivity contribution >= 4 is 39.8 Å². The number of rotatable bonds is 7. The van der Waals surface area contributed by atoms with Gasteiger partial charge in [0.15, 0.2) is 0 Å². The molecule has 0 bridgehead atoms. The monoisotopic (exact) mass is 487 g/mol. The van der Waals surface area contributed by atoms with Gasteiger partial charge >= 0.3 is 0 Å². The average Bonchev–Trinajstić information content (AvgIpc) is 3.20. The van der Waals surface area contributed by atoms with Gasteiger partial charge < -0.3 is 10.2 Å². The molecule has 0 atom stereocenters. The Balaban J connectivity index is 2.37. The van der Waals surface area contributed by atoms with Crippen molar-refractivity contribution in [2.24, 2.45) is 4.99 Å². The summed E-state index contributed by atoms with van der Waals surface area (Å²) in [5, 5.41) is 22.3. The minimum Gasteiger partial charge on any atom is -0.371 e.